The third kappa shape index (κ3) is 1.50. The first-order chi connectivity index (χ1) is 7.27. The van der Waals surface area contributed by atoms with Gasteiger partial charge in [0, 0.05) is 16.8 Å². The van der Waals surface area contributed by atoms with Gasteiger partial charge in [0.25, 0.3) is 0 Å². The normalized spacial score (nSPS) is 10.3. The minimum atomic E-state index is -0.409. The van der Waals surface area contributed by atoms with Crippen LogP contribution in [0.15, 0.2) is 30.3 Å². The summed E-state index contributed by atoms with van der Waals surface area (Å²) in [6.07, 6.45) is 0. The van der Waals surface area contributed by atoms with E-state index in [0.717, 1.165) is 10.8 Å². The van der Waals surface area contributed by atoms with Crippen molar-refractivity contribution < 1.29 is 13.9 Å². The van der Waals surface area contributed by atoms with E-state index >= 15 is 0 Å². The fourth-order valence-electron chi connectivity index (χ4n) is 1.66. The second-order valence-corrected chi connectivity index (χ2v) is 3.14. The highest BCUT2D eigenvalue weighted by atomic mass is 19.1. The molecule has 0 spiro atoms. The Kier molecular flexibility index (Phi) is 2.46. The largest absolute Gasteiger partial charge is 0.496 e. The molecule has 0 heterocycles. The van der Waals surface area contributed by atoms with Crippen molar-refractivity contribution in [1.82, 2.24) is 0 Å². The van der Waals surface area contributed by atoms with Gasteiger partial charge in [-0.2, -0.15) is 0 Å². The molecular weight excluding hydrogens is 195 g/mol. The molecule has 2 nitrogen and oxygen atoms in total. The summed E-state index contributed by atoms with van der Waals surface area (Å²) in [5, 5.41) is 1.56. The van der Waals surface area contributed by atoms with Gasteiger partial charge in [-0.1, -0.05) is 24.3 Å². The molecule has 0 saturated heterocycles. The Morgan fingerprint density at radius 2 is 1.67 bits per heavy atom. The van der Waals surface area contributed by atoms with Crippen LogP contribution in [0.5, 0.6) is 11.5 Å². The van der Waals surface area contributed by atoms with Crippen LogP contribution < -0.4 is 9.47 Å². The van der Waals surface area contributed by atoms with E-state index < -0.39 is 5.82 Å². The van der Waals surface area contributed by atoms with Crippen LogP contribution in [0, 0.1) is 5.82 Å². The molecule has 2 aromatic carbocycles. The standard InChI is InChI=1S/C12H11FO2/c1-14-11-7-10(13)12(15-2)9-6-4-3-5-8(9)11/h3-7H,1-2H3. The number of ether oxygens (including phenoxy) is 2. The third-order valence-electron chi connectivity index (χ3n) is 2.34. The van der Waals surface area contributed by atoms with Gasteiger partial charge in [-0.05, 0) is 0 Å². The first kappa shape index (κ1) is 9.77. The summed E-state index contributed by atoms with van der Waals surface area (Å²) < 4.78 is 23.7. The monoisotopic (exact) mass is 206 g/mol. The SMILES string of the molecule is COc1cc(F)c(OC)c2ccccc12. The zero-order chi connectivity index (χ0) is 10.8. The van der Waals surface area contributed by atoms with Gasteiger partial charge < -0.3 is 9.47 Å². The zero-order valence-electron chi connectivity index (χ0n) is 8.58. The highest BCUT2D eigenvalue weighted by molar-refractivity contribution is 5.93. The molecule has 0 saturated carbocycles. The van der Waals surface area contributed by atoms with Crippen molar-refractivity contribution in [3.8, 4) is 11.5 Å². The van der Waals surface area contributed by atoms with E-state index in [0.29, 0.717) is 5.75 Å². The van der Waals surface area contributed by atoms with E-state index in [4.69, 9.17) is 9.47 Å². The second kappa shape index (κ2) is 3.77. The third-order valence-corrected chi connectivity index (χ3v) is 2.34. The summed E-state index contributed by atoms with van der Waals surface area (Å²) in [6.45, 7) is 0. The lowest BCUT2D eigenvalue weighted by atomic mass is 10.1. The Balaban J connectivity index is 2.86. The van der Waals surface area contributed by atoms with Crippen molar-refractivity contribution >= 4 is 10.8 Å². The Bertz CT molecular complexity index is 494. The van der Waals surface area contributed by atoms with E-state index in [-0.39, 0.29) is 5.75 Å². The summed E-state index contributed by atoms with van der Waals surface area (Å²) >= 11 is 0. The van der Waals surface area contributed by atoms with Crippen LogP contribution in [-0.4, -0.2) is 14.2 Å². The smallest absolute Gasteiger partial charge is 0.169 e. The minimum Gasteiger partial charge on any atom is -0.496 e. The van der Waals surface area contributed by atoms with Gasteiger partial charge in [-0.15, -0.1) is 0 Å². The molecule has 0 radical (unpaired) electrons. The van der Waals surface area contributed by atoms with Gasteiger partial charge in [0.15, 0.2) is 11.6 Å². The highest BCUT2D eigenvalue weighted by Gasteiger charge is 2.12. The van der Waals surface area contributed by atoms with Gasteiger partial charge in [-0.3, -0.25) is 0 Å². The molecule has 0 aliphatic carbocycles. The quantitative estimate of drug-likeness (QED) is 0.752. The molecule has 0 aliphatic heterocycles. The highest BCUT2D eigenvalue weighted by Crippen LogP contribution is 2.35. The average molecular weight is 206 g/mol. The molecular formula is C12H11FO2. The van der Waals surface area contributed by atoms with Crippen molar-refractivity contribution in [2.45, 2.75) is 0 Å². The molecule has 0 aromatic heterocycles. The number of methoxy groups -OCH3 is 2. The lowest BCUT2D eigenvalue weighted by molar-refractivity contribution is 0.384. The van der Waals surface area contributed by atoms with Crippen LogP contribution in [0.25, 0.3) is 10.8 Å². The number of fused-ring (bicyclic) bond motifs is 1. The molecule has 2 rings (SSSR count). The first-order valence-corrected chi connectivity index (χ1v) is 4.57. The van der Waals surface area contributed by atoms with Crippen LogP contribution >= 0.6 is 0 Å². The maximum absolute atomic E-state index is 13.6. The predicted molar refractivity (Wildman–Crippen MR) is 57.0 cm³/mol. The lowest BCUT2D eigenvalue weighted by Gasteiger charge is -2.10. The van der Waals surface area contributed by atoms with E-state index in [1.54, 1.807) is 6.07 Å². The number of halogens is 1. The molecule has 0 amide bonds. The predicted octanol–water partition coefficient (Wildman–Crippen LogP) is 3.00. The summed E-state index contributed by atoms with van der Waals surface area (Å²) in [6, 6.07) is 8.73. The molecule has 0 bridgehead atoms. The van der Waals surface area contributed by atoms with E-state index in [1.807, 2.05) is 18.2 Å². The van der Waals surface area contributed by atoms with Crippen LogP contribution in [0.1, 0.15) is 0 Å². The average Bonchev–Trinajstić information content (AvgIpc) is 2.28. The van der Waals surface area contributed by atoms with Crippen molar-refractivity contribution in [3.05, 3.63) is 36.1 Å². The number of rotatable bonds is 2. The van der Waals surface area contributed by atoms with E-state index in [1.165, 1.54) is 20.3 Å². The molecule has 0 aliphatic rings. The Morgan fingerprint density at radius 1 is 1.00 bits per heavy atom. The molecule has 0 unspecified atom stereocenters. The molecule has 0 N–H and O–H groups in total. The Morgan fingerprint density at radius 3 is 2.27 bits per heavy atom. The van der Waals surface area contributed by atoms with Crippen molar-refractivity contribution in [3.63, 3.8) is 0 Å². The van der Waals surface area contributed by atoms with Gasteiger partial charge in [-0.25, -0.2) is 4.39 Å². The summed E-state index contributed by atoms with van der Waals surface area (Å²) in [5.41, 5.74) is 0. The van der Waals surface area contributed by atoms with Crippen LogP contribution in [-0.2, 0) is 0 Å². The molecule has 3 heteroatoms. The van der Waals surface area contributed by atoms with Crippen LogP contribution in [0.4, 0.5) is 4.39 Å². The Hall–Kier alpha value is -1.77. The molecule has 2 aromatic rings. The van der Waals surface area contributed by atoms with Crippen molar-refractivity contribution in [1.29, 1.82) is 0 Å². The second-order valence-electron chi connectivity index (χ2n) is 3.14. The van der Waals surface area contributed by atoms with Crippen molar-refractivity contribution in [2.24, 2.45) is 0 Å². The number of hydrogen-bond acceptors (Lipinski definition) is 2. The lowest BCUT2D eigenvalue weighted by Crippen LogP contribution is -1.93. The first-order valence-electron chi connectivity index (χ1n) is 4.57. The molecule has 0 atom stereocenters. The van der Waals surface area contributed by atoms with Gasteiger partial charge in [0.2, 0.25) is 0 Å². The summed E-state index contributed by atoms with van der Waals surface area (Å²) in [5.74, 6) is 0.364. The maximum atomic E-state index is 13.6. The summed E-state index contributed by atoms with van der Waals surface area (Å²) in [4.78, 5) is 0. The molecule has 0 fully saturated rings. The Labute approximate surface area is 87.2 Å². The zero-order valence-corrected chi connectivity index (χ0v) is 8.58. The maximum Gasteiger partial charge on any atom is 0.169 e. The van der Waals surface area contributed by atoms with Crippen LogP contribution in [0.2, 0.25) is 0 Å². The molecule has 15 heavy (non-hydrogen) atoms. The van der Waals surface area contributed by atoms with Gasteiger partial charge >= 0.3 is 0 Å². The number of hydrogen-bond donors (Lipinski definition) is 0. The molecule has 78 valence electrons. The van der Waals surface area contributed by atoms with E-state index in [2.05, 4.69) is 0 Å². The van der Waals surface area contributed by atoms with Crippen LogP contribution in [0.3, 0.4) is 0 Å². The van der Waals surface area contributed by atoms with Crippen molar-refractivity contribution in [2.75, 3.05) is 14.2 Å². The number of benzene rings is 2. The van der Waals surface area contributed by atoms with Gasteiger partial charge in [0.1, 0.15) is 5.75 Å². The summed E-state index contributed by atoms with van der Waals surface area (Å²) in [7, 11) is 2.98. The minimum absolute atomic E-state index is 0.256. The fourth-order valence-corrected chi connectivity index (χ4v) is 1.66. The van der Waals surface area contributed by atoms with Gasteiger partial charge in [0.05, 0.1) is 14.2 Å². The van der Waals surface area contributed by atoms with E-state index in [9.17, 15) is 4.39 Å². The fraction of sp³-hybridized carbons (Fsp3) is 0.167. The topological polar surface area (TPSA) is 18.5 Å².